The molecule has 1 rings (SSSR count). The molecule has 1 aromatic rings. The molecule has 0 aliphatic carbocycles. The second-order valence-electron chi connectivity index (χ2n) is 2.62. The molecule has 0 unspecified atom stereocenters. The minimum absolute atomic E-state index is 0.146. The lowest BCUT2D eigenvalue weighted by Gasteiger charge is -2.07. The zero-order chi connectivity index (χ0) is 8.27. The molecule has 62 valence electrons. The smallest absolute Gasteiger partial charge is 0.308 e. The Morgan fingerprint density at radius 3 is 2.91 bits per heavy atom. The van der Waals surface area contributed by atoms with Gasteiger partial charge in [0, 0.05) is 6.54 Å². The van der Waals surface area contributed by atoms with Crippen LogP contribution in [0, 0.1) is 0 Å². The molecule has 0 fully saturated rings. The van der Waals surface area contributed by atoms with E-state index in [0.717, 1.165) is 6.54 Å². The van der Waals surface area contributed by atoms with Crippen LogP contribution in [0.15, 0.2) is 11.1 Å². The molecule has 0 aliphatic rings. The van der Waals surface area contributed by atoms with E-state index in [2.05, 4.69) is 10.1 Å². The Balaban J connectivity index is 2.51. The van der Waals surface area contributed by atoms with Gasteiger partial charge in [-0.25, -0.2) is 9.48 Å². The number of aromatic nitrogens is 3. The summed E-state index contributed by atoms with van der Waals surface area (Å²) in [6.45, 7) is 1.46. The Labute approximate surface area is 64.6 Å². The van der Waals surface area contributed by atoms with Gasteiger partial charge < -0.3 is 4.90 Å². The Morgan fingerprint density at radius 1 is 1.73 bits per heavy atom. The molecule has 1 heterocycles. The average molecular weight is 156 g/mol. The molecular weight excluding hydrogens is 144 g/mol. The Hall–Kier alpha value is -1.10. The van der Waals surface area contributed by atoms with E-state index in [4.69, 9.17) is 0 Å². The first kappa shape index (κ1) is 8.00. The third kappa shape index (κ3) is 2.19. The summed E-state index contributed by atoms with van der Waals surface area (Å²) >= 11 is 0. The predicted molar refractivity (Wildman–Crippen MR) is 41.4 cm³/mol. The number of nitrogens with zero attached hydrogens (tertiary/aromatic N) is 3. The minimum Gasteiger partial charge on any atom is -0.308 e. The SMILES string of the molecule is CN(C)CCn1nc[nH]c1=O. The van der Waals surface area contributed by atoms with E-state index in [-0.39, 0.29) is 5.69 Å². The summed E-state index contributed by atoms with van der Waals surface area (Å²) in [5.74, 6) is 0. The summed E-state index contributed by atoms with van der Waals surface area (Å²) in [7, 11) is 3.91. The zero-order valence-corrected chi connectivity index (χ0v) is 6.74. The molecule has 0 amide bonds. The molecule has 0 bridgehead atoms. The van der Waals surface area contributed by atoms with E-state index in [1.54, 1.807) is 0 Å². The third-order valence-electron chi connectivity index (χ3n) is 1.38. The van der Waals surface area contributed by atoms with E-state index < -0.39 is 0 Å². The molecule has 0 saturated carbocycles. The number of hydrogen-bond donors (Lipinski definition) is 1. The summed E-state index contributed by atoms with van der Waals surface area (Å²) in [6, 6.07) is 0. The number of H-pyrrole nitrogens is 1. The van der Waals surface area contributed by atoms with Crippen LogP contribution in [0.3, 0.4) is 0 Å². The summed E-state index contributed by atoms with van der Waals surface area (Å²) < 4.78 is 1.40. The first-order chi connectivity index (χ1) is 5.20. The van der Waals surface area contributed by atoms with Gasteiger partial charge in [-0.3, -0.25) is 4.98 Å². The van der Waals surface area contributed by atoms with Gasteiger partial charge >= 0.3 is 5.69 Å². The molecule has 0 atom stereocenters. The van der Waals surface area contributed by atoms with Crippen LogP contribution in [0.2, 0.25) is 0 Å². The highest BCUT2D eigenvalue weighted by atomic mass is 16.1. The average Bonchev–Trinajstić information content (AvgIpc) is 2.31. The molecule has 0 spiro atoms. The molecule has 0 aromatic carbocycles. The maximum Gasteiger partial charge on any atom is 0.343 e. The lowest BCUT2D eigenvalue weighted by atomic mass is 10.6. The van der Waals surface area contributed by atoms with Gasteiger partial charge in [-0.05, 0) is 14.1 Å². The van der Waals surface area contributed by atoms with Crippen molar-refractivity contribution in [2.45, 2.75) is 6.54 Å². The lowest BCUT2D eigenvalue weighted by molar-refractivity contribution is 0.369. The Kier molecular flexibility index (Phi) is 2.43. The minimum atomic E-state index is -0.146. The number of likely N-dealkylation sites (N-methyl/N-ethyl adjacent to an activating group) is 1. The highest BCUT2D eigenvalue weighted by Crippen LogP contribution is 1.77. The normalized spacial score (nSPS) is 10.8. The van der Waals surface area contributed by atoms with E-state index >= 15 is 0 Å². The summed E-state index contributed by atoms with van der Waals surface area (Å²) in [5.41, 5.74) is -0.146. The van der Waals surface area contributed by atoms with Gasteiger partial charge in [-0.2, -0.15) is 5.10 Å². The highest BCUT2D eigenvalue weighted by molar-refractivity contribution is 4.59. The van der Waals surface area contributed by atoms with Crippen molar-refractivity contribution in [1.82, 2.24) is 19.7 Å². The number of aromatic amines is 1. The lowest BCUT2D eigenvalue weighted by Crippen LogP contribution is -2.25. The summed E-state index contributed by atoms with van der Waals surface area (Å²) in [5, 5.41) is 3.81. The molecular formula is C6H12N4O. The monoisotopic (exact) mass is 156 g/mol. The molecule has 5 heteroatoms. The standard InChI is InChI=1S/C6H12N4O/c1-9(2)3-4-10-6(11)7-5-8-10/h5H,3-4H2,1-2H3,(H,7,8,11). The van der Waals surface area contributed by atoms with E-state index in [1.165, 1.54) is 11.0 Å². The van der Waals surface area contributed by atoms with Crippen molar-refractivity contribution in [2.24, 2.45) is 0 Å². The third-order valence-corrected chi connectivity index (χ3v) is 1.38. The first-order valence-corrected chi connectivity index (χ1v) is 3.45. The molecule has 0 radical (unpaired) electrons. The molecule has 1 aromatic heterocycles. The fraction of sp³-hybridized carbons (Fsp3) is 0.667. The van der Waals surface area contributed by atoms with E-state index in [1.807, 2.05) is 19.0 Å². The van der Waals surface area contributed by atoms with Gasteiger partial charge in [0.05, 0.1) is 6.54 Å². The summed E-state index contributed by atoms with van der Waals surface area (Å²) in [6.07, 6.45) is 1.40. The van der Waals surface area contributed by atoms with Crippen LogP contribution < -0.4 is 5.69 Å². The molecule has 1 N–H and O–H groups in total. The molecule has 5 nitrogen and oxygen atoms in total. The van der Waals surface area contributed by atoms with Crippen LogP contribution >= 0.6 is 0 Å². The van der Waals surface area contributed by atoms with Gasteiger partial charge in [0.15, 0.2) is 0 Å². The quantitative estimate of drug-likeness (QED) is 0.619. The zero-order valence-electron chi connectivity index (χ0n) is 6.74. The van der Waals surface area contributed by atoms with Crippen molar-refractivity contribution in [2.75, 3.05) is 20.6 Å². The van der Waals surface area contributed by atoms with Gasteiger partial charge in [-0.15, -0.1) is 0 Å². The second kappa shape index (κ2) is 3.34. The Bertz CT molecular complexity index is 262. The van der Waals surface area contributed by atoms with Crippen LogP contribution in [-0.4, -0.2) is 40.3 Å². The van der Waals surface area contributed by atoms with Crippen molar-refractivity contribution in [3.63, 3.8) is 0 Å². The van der Waals surface area contributed by atoms with Crippen LogP contribution in [-0.2, 0) is 6.54 Å². The maximum absolute atomic E-state index is 10.9. The fourth-order valence-electron chi connectivity index (χ4n) is 0.735. The number of hydrogen-bond acceptors (Lipinski definition) is 3. The van der Waals surface area contributed by atoms with Crippen LogP contribution in [0.5, 0.6) is 0 Å². The van der Waals surface area contributed by atoms with Crippen LogP contribution in [0.1, 0.15) is 0 Å². The van der Waals surface area contributed by atoms with E-state index in [0.29, 0.717) is 6.54 Å². The van der Waals surface area contributed by atoms with Gasteiger partial charge in [0.1, 0.15) is 6.33 Å². The largest absolute Gasteiger partial charge is 0.343 e. The Morgan fingerprint density at radius 2 is 2.45 bits per heavy atom. The summed E-state index contributed by atoms with van der Waals surface area (Å²) in [4.78, 5) is 15.3. The molecule has 0 saturated heterocycles. The van der Waals surface area contributed by atoms with Crippen LogP contribution in [0.25, 0.3) is 0 Å². The maximum atomic E-state index is 10.9. The van der Waals surface area contributed by atoms with E-state index in [9.17, 15) is 4.79 Å². The number of nitrogens with one attached hydrogen (secondary N) is 1. The first-order valence-electron chi connectivity index (χ1n) is 3.45. The van der Waals surface area contributed by atoms with Crippen molar-refractivity contribution in [3.05, 3.63) is 16.8 Å². The van der Waals surface area contributed by atoms with Gasteiger partial charge in [0.25, 0.3) is 0 Å². The second-order valence-corrected chi connectivity index (χ2v) is 2.62. The van der Waals surface area contributed by atoms with Crippen molar-refractivity contribution in [1.29, 1.82) is 0 Å². The number of rotatable bonds is 3. The van der Waals surface area contributed by atoms with Crippen molar-refractivity contribution in [3.8, 4) is 0 Å². The molecule has 0 aliphatic heterocycles. The van der Waals surface area contributed by atoms with Gasteiger partial charge in [-0.1, -0.05) is 0 Å². The highest BCUT2D eigenvalue weighted by Gasteiger charge is 1.96. The van der Waals surface area contributed by atoms with Crippen molar-refractivity contribution >= 4 is 0 Å². The predicted octanol–water partition coefficient (Wildman–Crippen LogP) is -0.867. The van der Waals surface area contributed by atoms with Gasteiger partial charge in [0.2, 0.25) is 0 Å². The topological polar surface area (TPSA) is 53.9 Å². The molecule has 11 heavy (non-hydrogen) atoms. The fourth-order valence-corrected chi connectivity index (χ4v) is 0.735. The van der Waals surface area contributed by atoms with Crippen LogP contribution in [0.4, 0.5) is 0 Å². The van der Waals surface area contributed by atoms with Crippen molar-refractivity contribution < 1.29 is 0 Å².